The van der Waals surface area contributed by atoms with E-state index < -0.39 is 0 Å². The largest absolute Gasteiger partial charge is 0.394 e. The third-order valence-corrected chi connectivity index (χ3v) is 1.10. The van der Waals surface area contributed by atoms with Crippen LogP contribution in [-0.2, 0) is 4.79 Å². The van der Waals surface area contributed by atoms with Crippen LogP contribution >= 0.6 is 0 Å². The highest BCUT2D eigenvalue weighted by molar-refractivity contribution is 5.75. The average Bonchev–Trinajstić information content (AvgIpc) is 1.98. The SMILES string of the molecule is CN/C=C\CCC(=O)NC. The Morgan fingerprint density at radius 2 is 2.20 bits per heavy atom. The minimum absolute atomic E-state index is 0.0840. The van der Waals surface area contributed by atoms with Gasteiger partial charge in [0.1, 0.15) is 0 Å². The van der Waals surface area contributed by atoms with Gasteiger partial charge in [0.2, 0.25) is 5.91 Å². The molecule has 0 rings (SSSR count). The molecule has 0 saturated heterocycles. The van der Waals surface area contributed by atoms with Crippen molar-refractivity contribution in [3.63, 3.8) is 0 Å². The molecule has 0 aliphatic carbocycles. The first-order valence-electron chi connectivity index (χ1n) is 3.34. The van der Waals surface area contributed by atoms with Gasteiger partial charge in [-0.15, -0.1) is 0 Å². The molecule has 3 heteroatoms. The van der Waals surface area contributed by atoms with Crippen LogP contribution in [0.15, 0.2) is 12.3 Å². The molecule has 0 aliphatic rings. The minimum Gasteiger partial charge on any atom is -0.394 e. The average molecular weight is 142 g/mol. The van der Waals surface area contributed by atoms with Gasteiger partial charge in [0.05, 0.1) is 0 Å². The Morgan fingerprint density at radius 1 is 1.50 bits per heavy atom. The van der Waals surface area contributed by atoms with Crippen LogP contribution in [0.3, 0.4) is 0 Å². The van der Waals surface area contributed by atoms with Gasteiger partial charge < -0.3 is 10.6 Å². The summed E-state index contributed by atoms with van der Waals surface area (Å²) in [5.41, 5.74) is 0. The Bertz CT molecular complexity index is 121. The normalized spacial score (nSPS) is 9.80. The third-order valence-electron chi connectivity index (χ3n) is 1.10. The summed E-state index contributed by atoms with van der Waals surface area (Å²) in [6.07, 6.45) is 5.10. The van der Waals surface area contributed by atoms with Crippen molar-refractivity contribution in [1.82, 2.24) is 10.6 Å². The zero-order chi connectivity index (χ0) is 7.82. The first-order chi connectivity index (χ1) is 4.81. The van der Waals surface area contributed by atoms with Crippen molar-refractivity contribution >= 4 is 5.91 Å². The molecule has 0 radical (unpaired) electrons. The second-order valence-electron chi connectivity index (χ2n) is 1.90. The molecule has 0 atom stereocenters. The van der Waals surface area contributed by atoms with Crippen LogP contribution in [-0.4, -0.2) is 20.0 Å². The summed E-state index contributed by atoms with van der Waals surface area (Å²) in [6.45, 7) is 0. The van der Waals surface area contributed by atoms with E-state index in [9.17, 15) is 4.79 Å². The van der Waals surface area contributed by atoms with Gasteiger partial charge in [-0.3, -0.25) is 4.79 Å². The van der Waals surface area contributed by atoms with Gasteiger partial charge in [0, 0.05) is 20.5 Å². The number of carbonyl (C=O) groups excluding carboxylic acids is 1. The van der Waals surface area contributed by atoms with Crippen LogP contribution in [0, 0.1) is 0 Å². The summed E-state index contributed by atoms with van der Waals surface area (Å²) in [5.74, 6) is 0.0840. The Balaban J connectivity index is 3.19. The molecule has 0 aromatic rings. The van der Waals surface area contributed by atoms with Crippen LogP contribution in [0.2, 0.25) is 0 Å². The van der Waals surface area contributed by atoms with Gasteiger partial charge in [-0.2, -0.15) is 0 Å². The van der Waals surface area contributed by atoms with Crippen molar-refractivity contribution in [3.8, 4) is 0 Å². The van der Waals surface area contributed by atoms with Crippen LogP contribution in [0.4, 0.5) is 0 Å². The Hall–Kier alpha value is -0.990. The van der Waals surface area contributed by atoms with E-state index in [1.807, 2.05) is 19.3 Å². The van der Waals surface area contributed by atoms with E-state index in [1.54, 1.807) is 7.05 Å². The van der Waals surface area contributed by atoms with Crippen LogP contribution in [0.1, 0.15) is 12.8 Å². The molecule has 0 aromatic carbocycles. The van der Waals surface area contributed by atoms with E-state index in [1.165, 1.54) is 0 Å². The van der Waals surface area contributed by atoms with Crippen molar-refractivity contribution in [2.75, 3.05) is 14.1 Å². The lowest BCUT2D eigenvalue weighted by Crippen LogP contribution is -2.16. The molecule has 0 bridgehead atoms. The second-order valence-corrected chi connectivity index (χ2v) is 1.90. The van der Waals surface area contributed by atoms with Gasteiger partial charge >= 0.3 is 0 Å². The summed E-state index contributed by atoms with van der Waals surface area (Å²) < 4.78 is 0. The van der Waals surface area contributed by atoms with E-state index in [0.717, 1.165) is 6.42 Å². The van der Waals surface area contributed by atoms with Crippen molar-refractivity contribution in [3.05, 3.63) is 12.3 Å². The maximum absolute atomic E-state index is 10.6. The lowest BCUT2D eigenvalue weighted by molar-refractivity contribution is -0.120. The summed E-state index contributed by atoms with van der Waals surface area (Å²) in [4.78, 5) is 10.6. The lowest BCUT2D eigenvalue weighted by atomic mass is 10.3. The standard InChI is InChI=1S/C7H14N2O/c1-8-6-4-3-5-7(10)9-2/h4,6,8H,3,5H2,1-2H3,(H,9,10)/b6-4-. The maximum atomic E-state index is 10.6. The van der Waals surface area contributed by atoms with Gasteiger partial charge in [-0.1, -0.05) is 6.08 Å². The minimum atomic E-state index is 0.0840. The van der Waals surface area contributed by atoms with Gasteiger partial charge in [-0.05, 0) is 12.6 Å². The fourth-order valence-corrected chi connectivity index (χ4v) is 0.541. The Labute approximate surface area is 61.5 Å². The van der Waals surface area contributed by atoms with Gasteiger partial charge in [0.15, 0.2) is 0 Å². The summed E-state index contributed by atoms with van der Waals surface area (Å²) in [6, 6.07) is 0. The number of hydrogen-bond donors (Lipinski definition) is 2. The maximum Gasteiger partial charge on any atom is 0.220 e. The molecule has 3 nitrogen and oxygen atoms in total. The predicted octanol–water partition coefficient (Wildman–Crippen LogP) is 0.246. The van der Waals surface area contributed by atoms with E-state index in [4.69, 9.17) is 0 Å². The van der Waals surface area contributed by atoms with Crippen LogP contribution in [0.25, 0.3) is 0 Å². The molecule has 0 spiro atoms. The Kier molecular flexibility index (Phi) is 5.53. The first kappa shape index (κ1) is 9.01. The van der Waals surface area contributed by atoms with Crippen molar-refractivity contribution < 1.29 is 4.79 Å². The molecule has 1 amide bonds. The molecular formula is C7H14N2O. The molecule has 10 heavy (non-hydrogen) atoms. The van der Waals surface area contributed by atoms with Crippen molar-refractivity contribution in [2.24, 2.45) is 0 Å². The van der Waals surface area contributed by atoms with Crippen molar-refractivity contribution in [2.45, 2.75) is 12.8 Å². The first-order valence-corrected chi connectivity index (χ1v) is 3.34. The molecule has 0 fully saturated rings. The summed E-state index contributed by atoms with van der Waals surface area (Å²) >= 11 is 0. The van der Waals surface area contributed by atoms with Gasteiger partial charge in [0.25, 0.3) is 0 Å². The Morgan fingerprint density at radius 3 is 2.70 bits per heavy atom. The molecule has 2 N–H and O–H groups in total. The molecule has 0 saturated carbocycles. The zero-order valence-corrected chi connectivity index (χ0v) is 6.48. The monoisotopic (exact) mass is 142 g/mol. The lowest BCUT2D eigenvalue weighted by Gasteiger charge is -1.93. The molecule has 0 aliphatic heterocycles. The zero-order valence-electron chi connectivity index (χ0n) is 6.48. The van der Waals surface area contributed by atoms with Crippen LogP contribution in [0.5, 0.6) is 0 Å². The van der Waals surface area contributed by atoms with E-state index >= 15 is 0 Å². The fraction of sp³-hybridized carbons (Fsp3) is 0.571. The highest BCUT2D eigenvalue weighted by atomic mass is 16.1. The van der Waals surface area contributed by atoms with E-state index in [0.29, 0.717) is 6.42 Å². The number of carbonyl (C=O) groups is 1. The van der Waals surface area contributed by atoms with Crippen molar-refractivity contribution in [1.29, 1.82) is 0 Å². The topological polar surface area (TPSA) is 41.1 Å². The highest BCUT2D eigenvalue weighted by Crippen LogP contribution is 1.88. The second kappa shape index (κ2) is 6.13. The highest BCUT2D eigenvalue weighted by Gasteiger charge is 1.92. The third kappa shape index (κ3) is 5.15. The van der Waals surface area contributed by atoms with Gasteiger partial charge in [-0.25, -0.2) is 0 Å². The van der Waals surface area contributed by atoms with Crippen LogP contribution < -0.4 is 10.6 Å². The molecular weight excluding hydrogens is 128 g/mol. The van der Waals surface area contributed by atoms with E-state index in [2.05, 4.69) is 10.6 Å². The fourth-order valence-electron chi connectivity index (χ4n) is 0.541. The van der Waals surface area contributed by atoms with E-state index in [-0.39, 0.29) is 5.91 Å². The smallest absolute Gasteiger partial charge is 0.220 e. The predicted molar refractivity (Wildman–Crippen MR) is 41.5 cm³/mol. The molecule has 0 heterocycles. The number of amides is 1. The summed E-state index contributed by atoms with van der Waals surface area (Å²) in [7, 11) is 3.47. The molecule has 0 aromatic heterocycles. The number of rotatable bonds is 4. The molecule has 0 unspecified atom stereocenters. The quantitative estimate of drug-likeness (QED) is 0.590. The number of nitrogens with one attached hydrogen (secondary N) is 2. The summed E-state index contributed by atoms with van der Waals surface area (Å²) in [5, 5.41) is 5.40. The molecule has 58 valence electrons. The number of allylic oxidation sites excluding steroid dienone is 1. The number of hydrogen-bond acceptors (Lipinski definition) is 2.